The van der Waals surface area contributed by atoms with E-state index in [2.05, 4.69) is 30.9 Å². The molecule has 3 rings (SSSR count). The molecule has 0 saturated carbocycles. The van der Waals surface area contributed by atoms with E-state index in [4.69, 9.17) is 4.74 Å². The maximum Gasteiger partial charge on any atom is 0.237 e. The lowest BCUT2D eigenvalue weighted by atomic mass is 10.2. The number of aromatic nitrogens is 3. The Kier molecular flexibility index (Phi) is 5.13. The number of nitrogens with one attached hydrogen (secondary N) is 2. The highest BCUT2D eigenvalue weighted by Gasteiger charge is 2.14. The van der Waals surface area contributed by atoms with Crippen molar-refractivity contribution >= 4 is 43.7 Å². The van der Waals surface area contributed by atoms with Crippen LogP contribution in [0.15, 0.2) is 36.8 Å². The van der Waals surface area contributed by atoms with Crippen LogP contribution in [-0.2, 0) is 9.71 Å². The molecule has 2 heterocycles. The SMILES string of the molecule is C=S(C)(=O)Nc1cc(F)c2c(Nc3cccnc3OC(C)C)ncnc2c1. The summed E-state index contributed by atoms with van der Waals surface area (Å²) >= 11 is 0. The van der Waals surface area contributed by atoms with Gasteiger partial charge in [-0.15, -0.1) is 0 Å². The van der Waals surface area contributed by atoms with Crippen molar-refractivity contribution in [3.05, 3.63) is 42.6 Å². The molecule has 0 amide bonds. The molecule has 0 fully saturated rings. The Balaban J connectivity index is 2.04. The van der Waals surface area contributed by atoms with E-state index in [1.54, 1.807) is 24.4 Å². The zero-order chi connectivity index (χ0) is 19.6. The summed E-state index contributed by atoms with van der Waals surface area (Å²) in [5.41, 5.74) is 1.24. The van der Waals surface area contributed by atoms with Crippen LogP contribution in [0.5, 0.6) is 5.88 Å². The molecule has 1 atom stereocenters. The van der Waals surface area contributed by atoms with Crippen LogP contribution in [0.3, 0.4) is 0 Å². The Morgan fingerprint density at radius 3 is 2.74 bits per heavy atom. The Morgan fingerprint density at radius 1 is 1.26 bits per heavy atom. The molecule has 2 aromatic heterocycles. The number of benzene rings is 1. The quantitative estimate of drug-likeness (QED) is 0.629. The lowest BCUT2D eigenvalue weighted by Gasteiger charge is -2.15. The third kappa shape index (κ3) is 4.62. The number of fused-ring (bicyclic) bond motifs is 1. The van der Waals surface area contributed by atoms with Crippen LogP contribution < -0.4 is 14.8 Å². The van der Waals surface area contributed by atoms with Gasteiger partial charge in [-0.1, -0.05) is 0 Å². The second kappa shape index (κ2) is 7.36. The highest BCUT2D eigenvalue weighted by molar-refractivity contribution is 8.00. The van der Waals surface area contributed by atoms with Crippen molar-refractivity contribution in [2.24, 2.45) is 0 Å². The molecule has 3 aromatic rings. The molecular formula is C18H20FN5O2S. The van der Waals surface area contributed by atoms with Gasteiger partial charge in [-0.2, -0.15) is 0 Å². The van der Waals surface area contributed by atoms with Gasteiger partial charge < -0.3 is 14.8 Å². The summed E-state index contributed by atoms with van der Waals surface area (Å²) in [6, 6.07) is 6.33. The normalized spacial score (nSPS) is 13.4. The average Bonchev–Trinajstić information content (AvgIpc) is 2.54. The number of ether oxygens (including phenoxy) is 1. The molecule has 9 heteroatoms. The van der Waals surface area contributed by atoms with E-state index in [-0.39, 0.29) is 17.3 Å². The number of nitrogens with zero attached hydrogens (tertiary/aromatic N) is 3. The molecule has 7 nitrogen and oxygen atoms in total. The predicted octanol–water partition coefficient (Wildman–Crippen LogP) is 3.37. The predicted molar refractivity (Wildman–Crippen MR) is 108 cm³/mol. The van der Waals surface area contributed by atoms with Gasteiger partial charge in [-0.3, -0.25) is 0 Å². The molecular weight excluding hydrogens is 369 g/mol. The van der Waals surface area contributed by atoms with E-state index in [1.807, 2.05) is 13.8 Å². The molecule has 27 heavy (non-hydrogen) atoms. The standard InChI is InChI=1S/C18H20FN5O2S/c1-11(2)26-18-14(6-5-7-20-18)23-17-16-13(19)8-12(24-27(3,4)25)9-15(16)21-10-22-17/h5-11H,3H2,1-2,4H3,(H,24,25)(H,21,22,23). The zero-order valence-electron chi connectivity index (χ0n) is 15.2. The molecule has 0 aliphatic carbocycles. The molecule has 0 bridgehead atoms. The minimum Gasteiger partial charge on any atom is -0.473 e. The molecule has 0 aliphatic rings. The topological polar surface area (TPSA) is 89.0 Å². The van der Waals surface area contributed by atoms with Crippen LogP contribution in [-0.4, -0.2) is 37.4 Å². The first-order chi connectivity index (χ1) is 12.7. The van der Waals surface area contributed by atoms with Gasteiger partial charge in [0.2, 0.25) is 5.88 Å². The zero-order valence-corrected chi connectivity index (χ0v) is 16.0. The number of pyridine rings is 1. The summed E-state index contributed by atoms with van der Waals surface area (Å²) in [7, 11) is -2.54. The van der Waals surface area contributed by atoms with E-state index >= 15 is 0 Å². The second-order valence-corrected chi connectivity index (χ2v) is 8.54. The maximum atomic E-state index is 14.8. The van der Waals surface area contributed by atoms with E-state index in [1.165, 1.54) is 18.6 Å². The fourth-order valence-corrected chi connectivity index (χ4v) is 3.09. The van der Waals surface area contributed by atoms with Crippen molar-refractivity contribution in [1.29, 1.82) is 0 Å². The molecule has 142 valence electrons. The lowest BCUT2D eigenvalue weighted by Crippen LogP contribution is -2.10. The van der Waals surface area contributed by atoms with Gasteiger partial charge in [0.05, 0.1) is 22.7 Å². The van der Waals surface area contributed by atoms with Crippen molar-refractivity contribution < 1.29 is 13.3 Å². The minimum absolute atomic E-state index is 0.0699. The minimum atomic E-state index is -2.54. The van der Waals surface area contributed by atoms with Gasteiger partial charge in [-0.25, -0.2) is 23.6 Å². The highest BCUT2D eigenvalue weighted by atomic mass is 32.2. The van der Waals surface area contributed by atoms with Crippen molar-refractivity contribution in [1.82, 2.24) is 15.0 Å². The fraction of sp³-hybridized carbons (Fsp3) is 0.222. The van der Waals surface area contributed by atoms with Crippen LogP contribution in [0.2, 0.25) is 0 Å². The Morgan fingerprint density at radius 2 is 2.04 bits per heavy atom. The summed E-state index contributed by atoms with van der Waals surface area (Å²) in [4.78, 5) is 12.5. The second-order valence-electron chi connectivity index (χ2n) is 6.33. The molecule has 0 aliphatic heterocycles. The molecule has 0 radical (unpaired) electrons. The van der Waals surface area contributed by atoms with Crippen LogP contribution >= 0.6 is 0 Å². The number of hydrogen-bond donors (Lipinski definition) is 2. The third-order valence-corrected chi connectivity index (χ3v) is 4.06. The smallest absolute Gasteiger partial charge is 0.237 e. The molecule has 1 aromatic carbocycles. The van der Waals surface area contributed by atoms with Gasteiger partial charge in [0.25, 0.3) is 0 Å². The third-order valence-electron chi connectivity index (χ3n) is 3.40. The van der Waals surface area contributed by atoms with Gasteiger partial charge in [0, 0.05) is 22.2 Å². The number of rotatable bonds is 6. The number of halogens is 1. The maximum absolute atomic E-state index is 14.8. The van der Waals surface area contributed by atoms with Gasteiger partial charge in [-0.05, 0) is 44.0 Å². The Hall–Kier alpha value is -2.94. The summed E-state index contributed by atoms with van der Waals surface area (Å²) < 4.78 is 35.0. The van der Waals surface area contributed by atoms with E-state index in [0.717, 1.165) is 0 Å². The van der Waals surface area contributed by atoms with Crippen molar-refractivity contribution in [2.45, 2.75) is 20.0 Å². The first kappa shape index (κ1) is 18.8. The largest absolute Gasteiger partial charge is 0.473 e. The van der Waals surface area contributed by atoms with Crippen LogP contribution in [0.4, 0.5) is 21.6 Å². The first-order valence-corrected chi connectivity index (χ1v) is 10.3. The van der Waals surface area contributed by atoms with Crippen molar-refractivity contribution in [2.75, 3.05) is 16.3 Å². The van der Waals surface area contributed by atoms with Gasteiger partial charge in [0.15, 0.2) is 0 Å². The summed E-state index contributed by atoms with van der Waals surface area (Å²) in [5, 5.41) is 3.26. The Labute approximate surface area is 157 Å². The highest BCUT2D eigenvalue weighted by Crippen LogP contribution is 2.31. The molecule has 0 saturated heterocycles. The van der Waals surface area contributed by atoms with E-state index in [0.29, 0.717) is 22.8 Å². The molecule has 2 N–H and O–H groups in total. The summed E-state index contributed by atoms with van der Waals surface area (Å²) in [6.07, 6.45) is 4.29. The molecule has 0 spiro atoms. The van der Waals surface area contributed by atoms with Crippen molar-refractivity contribution in [3.8, 4) is 5.88 Å². The van der Waals surface area contributed by atoms with Crippen LogP contribution in [0.1, 0.15) is 13.8 Å². The van der Waals surface area contributed by atoms with Gasteiger partial charge in [0.1, 0.15) is 23.6 Å². The lowest BCUT2D eigenvalue weighted by molar-refractivity contribution is 0.234. The summed E-state index contributed by atoms with van der Waals surface area (Å²) in [6.45, 7) is 3.78. The number of hydrogen-bond acceptors (Lipinski definition) is 6. The first-order valence-electron chi connectivity index (χ1n) is 8.16. The average molecular weight is 389 g/mol. The van der Waals surface area contributed by atoms with Crippen molar-refractivity contribution in [3.63, 3.8) is 0 Å². The van der Waals surface area contributed by atoms with Crippen LogP contribution in [0, 0.1) is 5.82 Å². The monoisotopic (exact) mass is 389 g/mol. The number of anilines is 3. The van der Waals surface area contributed by atoms with E-state index in [9.17, 15) is 8.60 Å². The Bertz CT molecular complexity index is 1090. The molecule has 1 unspecified atom stereocenters. The fourth-order valence-electron chi connectivity index (χ4n) is 2.48. The van der Waals surface area contributed by atoms with Gasteiger partial charge >= 0.3 is 0 Å². The van der Waals surface area contributed by atoms with E-state index < -0.39 is 15.5 Å². The summed E-state index contributed by atoms with van der Waals surface area (Å²) in [5.74, 6) is 3.62. The van der Waals surface area contributed by atoms with Crippen LogP contribution in [0.25, 0.3) is 10.9 Å².